The molecule has 0 amide bonds. The summed E-state index contributed by atoms with van der Waals surface area (Å²) >= 11 is 0.910. The number of aliphatic imine (C=N–C) groups is 1. The lowest BCUT2D eigenvalue weighted by atomic mass is 10.3. The van der Waals surface area contributed by atoms with Crippen molar-refractivity contribution >= 4 is 27.1 Å². The van der Waals surface area contributed by atoms with Crippen LogP contribution in [0.15, 0.2) is 39.5 Å². The third-order valence-electron chi connectivity index (χ3n) is 3.53. The van der Waals surface area contributed by atoms with Crippen LogP contribution in [-0.2, 0) is 22.4 Å². The summed E-state index contributed by atoms with van der Waals surface area (Å²) in [6.07, 6.45) is -4.22. The van der Waals surface area contributed by atoms with Gasteiger partial charge in [-0.15, -0.1) is 11.3 Å². The van der Waals surface area contributed by atoms with Crippen molar-refractivity contribution in [2.24, 2.45) is 4.99 Å². The van der Waals surface area contributed by atoms with E-state index >= 15 is 0 Å². The van der Waals surface area contributed by atoms with Crippen LogP contribution in [0.4, 0.5) is 17.6 Å². The zero-order valence-electron chi connectivity index (χ0n) is 14.8. The quantitative estimate of drug-likeness (QED) is 0.394. The van der Waals surface area contributed by atoms with Crippen molar-refractivity contribution < 1.29 is 26.0 Å². The number of halogens is 4. The molecule has 0 aliphatic heterocycles. The summed E-state index contributed by atoms with van der Waals surface area (Å²) in [4.78, 5) is 7.05. The highest BCUT2D eigenvalue weighted by Crippen LogP contribution is 2.30. The van der Waals surface area contributed by atoms with E-state index in [1.807, 2.05) is 0 Å². The summed E-state index contributed by atoms with van der Waals surface area (Å²) in [5.74, 6) is -0.890. The van der Waals surface area contributed by atoms with Crippen molar-refractivity contribution in [2.45, 2.75) is 17.5 Å². The zero-order chi connectivity index (χ0) is 20.8. The number of hydrogen-bond donors (Lipinski definition) is 2. The summed E-state index contributed by atoms with van der Waals surface area (Å²) in [5.41, 5.74) is -0.923. The molecule has 2 aromatic rings. The van der Waals surface area contributed by atoms with Crippen molar-refractivity contribution in [3.05, 3.63) is 46.2 Å². The van der Waals surface area contributed by atoms with Gasteiger partial charge in [0.15, 0.2) is 21.5 Å². The number of nitrogens with one attached hydrogen (secondary N) is 2. The molecule has 1 heterocycles. The van der Waals surface area contributed by atoms with Gasteiger partial charge in [-0.25, -0.2) is 17.8 Å². The van der Waals surface area contributed by atoms with Gasteiger partial charge in [-0.2, -0.15) is 13.2 Å². The molecule has 0 saturated heterocycles. The molecule has 154 valence electrons. The van der Waals surface area contributed by atoms with E-state index in [9.17, 15) is 26.0 Å². The number of guanidine groups is 1. The molecule has 2 N–H and O–H groups in total. The Morgan fingerprint density at radius 3 is 2.50 bits per heavy atom. The molecule has 6 nitrogen and oxygen atoms in total. The fourth-order valence-corrected chi connectivity index (χ4v) is 4.22. The lowest BCUT2D eigenvalue weighted by molar-refractivity contribution is -0.140. The van der Waals surface area contributed by atoms with Crippen molar-refractivity contribution in [1.29, 1.82) is 0 Å². The van der Waals surface area contributed by atoms with Gasteiger partial charge in [-0.1, -0.05) is 12.1 Å². The highest BCUT2D eigenvalue weighted by atomic mass is 32.2. The Morgan fingerprint density at radius 2 is 1.89 bits per heavy atom. The Labute approximate surface area is 163 Å². The van der Waals surface area contributed by atoms with Crippen molar-refractivity contribution in [3.63, 3.8) is 0 Å². The Morgan fingerprint density at radius 1 is 1.21 bits per heavy atom. The predicted octanol–water partition coefficient (Wildman–Crippen LogP) is 2.48. The lowest BCUT2D eigenvalue weighted by Gasteiger charge is -2.12. The van der Waals surface area contributed by atoms with Crippen LogP contribution in [0.5, 0.6) is 0 Å². The van der Waals surface area contributed by atoms with Gasteiger partial charge in [0, 0.05) is 31.9 Å². The molecule has 2 rings (SSSR count). The van der Waals surface area contributed by atoms with Gasteiger partial charge in [0.05, 0.1) is 10.8 Å². The largest absolute Gasteiger partial charge is 0.434 e. The Bertz CT molecular complexity index is 927. The van der Waals surface area contributed by atoms with Gasteiger partial charge in [-0.3, -0.25) is 4.99 Å². The standard InChI is InChI=1S/C16H18F4N4O2S2/c1-21-15(22-7-6-14-24-13(10-27-14)16(18,19)20)23-8-9-28(25,26)12-5-3-2-4-11(12)17/h2-5,10H,6-9H2,1H3,(H2,21,22,23). The van der Waals surface area contributed by atoms with E-state index < -0.39 is 27.5 Å². The Kier molecular flexibility index (Phi) is 7.35. The van der Waals surface area contributed by atoms with E-state index in [1.165, 1.54) is 25.2 Å². The maximum absolute atomic E-state index is 13.6. The third-order valence-corrected chi connectivity index (χ3v) is 6.18. The second-order valence-corrected chi connectivity index (χ2v) is 8.57. The smallest absolute Gasteiger partial charge is 0.356 e. The lowest BCUT2D eigenvalue weighted by Crippen LogP contribution is -2.40. The predicted molar refractivity (Wildman–Crippen MR) is 98.6 cm³/mol. The normalized spacial score (nSPS) is 12.8. The third kappa shape index (κ3) is 6.16. The van der Waals surface area contributed by atoms with Crippen LogP contribution in [0.2, 0.25) is 0 Å². The van der Waals surface area contributed by atoms with Gasteiger partial charge in [0.25, 0.3) is 0 Å². The van der Waals surface area contributed by atoms with Crippen LogP contribution < -0.4 is 10.6 Å². The molecular weight excluding hydrogens is 420 g/mol. The number of hydrogen-bond acceptors (Lipinski definition) is 5. The minimum atomic E-state index is -4.47. The van der Waals surface area contributed by atoms with Gasteiger partial charge in [0.2, 0.25) is 0 Å². The van der Waals surface area contributed by atoms with Crippen LogP contribution in [-0.4, -0.2) is 45.3 Å². The molecule has 12 heteroatoms. The average Bonchev–Trinajstić information content (AvgIpc) is 3.10. The first-order valence-corrected chi connectivity index (χ1v) is 10.6. The van der Waals surface area contributed by atoms with Crippen LogP contribution in [0.3, 0.4) is 0 Å². The molecule has 0 atom stereocenters. The first kappa shape index (κ1) is 22.1. The fourth-order valence-electron chi connectivity index (χ4n) is 2.18. The van der Waals surface area contributed by atoms with E-state index in [1.54, 1.807) is 0 Å². The molecule has 1 aromatic carbocycles. The molecular formula is C16H18F4N4O2S2. The number of sulfone groups is 1. The van der Waals surface area contributed by atoms with Crippen molar-refractivity contribution in [2.75, 3.05) is 25.9 Å². The molecule has 28 heavy (non-hydrogen) atoms. The number of rotatable bonds is 7. The summed E-state index contributed by atoms with van der Waals surface area (Å²) in [7, 11) is -2.34. The maximum Gasteiger partial charge on any atom is 0.434 e. The highest BCUT2D eigenvalue weighted by Gasteiger charge is 2.33. The van der Waals surface area contributed by atoms with E-state index in [2.05, 4.69) is 20.6 Å². The van der Waals surface area contributed by atoms with Crippen LogP contribution in [0.25, 0.3) is 0 Å². The highest BCUT2D eigenvalue weighted by molar-refractivity contribution is 7.91. The number of alkyl halides is 3. The van der Waals surface area contributed by atoms with Crippen LogP contribution >= 0.6 is 11.3 Å². The summed E-state index contributed by atoms with van der Waals surface area (Å²) in [6.45, 7) is 0.233. The van der Waals surface area contributed by atoms with Gasteiger partial charge < -0.3 is 10.6 Å². The Balaban J connectivity index is 1.80. The first-order chi connectivity index (χ1) is 13.1. The number of thiazole rings is 1. The van der Waals surface area contributed by atoms with Gasteiger partial charge in [-0.05, 0) is 12.1 Å². The first-order valence-electron chi connectivity index (χ1n) is 8.07. The summed E-state index contributed by atoms with van der Waals surface area (Å²) < 4.78 is 75.5. The Hall–Kier alpha value is -2.21. The molecule has 0 spiro atoms. The fraction of sp³-hybridized carbons (Fsp3) is 0.375. The van der Waals surface area contributed by atoms with Crippen LogP contribution in [0.1, 0.15) is 10.7 Å². The second kappa shape index (κ2) is 9.32. The molecule has 0 aliphatic carbocycles. The molecule has 0 saturated carbocycles. The van der Waals surface area contributed by atoms with Gasteiger partial charge >= 0.3 is 6.18 Å². The monoisotopic (exact) mass is 438 g/mol. The van der Waals surface area contributed by atoms with E-state index in [0.717, 1.165) is 22.8 Å². The number of nitrogens with zero attached hydrogens (tertiary/aromatic N) is 2. The SMILES string of the molecule is CN=C(NCCc1nc(C(F)(F)F)cs1)NCCS(=O)(=O)c1ccccc1F. The molecule has 0 bridgehead atoms. The number of benzene rings is 1. The number of aromatic nitrogens is 1. The van der Waals surface area contributed by atoms with Crippen molar-refractivity contribution in [1.82, 2.24) is 15.6 Å². The summed E-state index contributed by atoms with van der Waals surface area (Å²) in [6, 6.07) is 5.11. The van der Waals surface area contributed by atoms with E-state index in [-0.39, 0.29) is 36.1 Å². The zero-order valence-corrected chi connectivity index (χ0v) is 16.4. The average molecular weight is 438 g/mol. The maximum atomic E-state index is 13.6. The van der Waals surface area contributed by atoms with E-state index in [0.29, 0.717) is 5.01 Å². The molecule has 1 aromatic heterocycles. The van der Waals surface area contributed by atoms with Crippen molar-refractivity contribution in [3.8, 4) is 0 Å². The molecule has 0 unspecified atom stereocenters. The van der Waals surface area contributed by atoms with E-state index in [4.69, 9.17) is 0 Å². The summed E-state index contributed by atoms with van der Waals surface area (Å²) in [5, 5.41) is 6.90. The molecule has 0 radical (unpaired) electrons. The molecule has 0 fully saturated rings. The topological polar surface area (TPSA) is 83.4 Å². The molecule has 0 aliphatic rings. The van der Waals surface area contributed by atoms with Crippen LogP contribution in [0, 0.1) is 5.82 Å². The second-order valence-electron chi connectivity index (χ2n) is 5.55. The van der Waals surface area contributed by atoms with Gasteiger partial charge in [0.1, 0.15) is 10.7 Å². The minimum Gasteiger partial charge on any atom is -0.356 e. The minimum absolute atomic E-state index is 0.0220.